The molecule has 0 atom stereocenters. The lowest BCUT2D eigenvalue weighted by Gasteiger charge is -2.29. The molecule has 0 spiro atoms. The van der Waals surface area contributed by atoms with Crippen LogP contribution in [-0.4, -0.2) is 45.2 Å². The quantitative estimate of drug-likeness (QED) is 0.462. The maximum Gasteiger partial charge on any atom is 0.203 e. The normalized spacial score (nSPS) is 13.7. The van der Waals surface area contributed by atoms with Crippen LogP contribution in [0.15, 0.2) is 65.7 Å². The van der Waals surface area contributed by atoms with Gasteiger partial charge in [0.15, 0.2) is 11.5 Å². The largest absolute Gasteiger partial charge is 0.493 e. The molecule has 5 rings (SSSR count). The van der Waals surface area contributed by atoms with Gasteiger partial charge < -0.3 is 23.8 Å². The van der Waals surface area contributed by atoms with Crippen LogP contribution in [0.1, 0.15) is 22.3 Å². The van der Waals surface area contributed by atoms with E-state index in [1.54, 1.807) is 21.3 Å². The molecule has 3 aromatic carbocycles. The first-order valence-electron chi connectivity index (χ1n) is 10.9. The fraction of sp³-hybridized carbons (Fsp3) is 0.222. The van der Waals surface area contributed by atoms with Gasteiger partial charge in [-0.25, -0.2) is 0 Å². The van der Waals surface area contributed by atoms with Gasteiger partial charge in [0.25, 0.3) is 0 Å². The summed E-state index contributed by atoms with van der Waals surface area (Å²) in [6.07, 6.45) is 2.24. The Balaban J connectivity index is 0.00000274. The summed E-state index contributed by atoms with van der Waals surface area (Å²) in [5, 5.41) is 0. The van der Waals surface area contributed by atoms with Crippen LogP contribution in [0, 0.1) is 0 Å². The number of benzene rings is 3. The number of nitrogens with zero attached hydrogens (tertiary/aromatic N) is 2. The number of halogens is 1. The minimum absolute atomic E-state index is 0. The molecule has 176 valence electrons. The molecule has 0 saturated heterocycles. The number of hydrogen-bond donors (Lipinski definition) is 0. The van der Waals surface area contributed by atoms with Crippen LogP contribution < -0.4 is 18.9 Å². The molecule has 0 fully saturated rings. The zero-order valence-electron chi connectivity index (χ0n) is 19.4. The highest BCUT2D eigenvalue weighted by molar-refractivity contribution is 6.12. The van der Waals surface area contributed by atoms with Gasteiger partial charge in [0.1, 0.15) is 18.2 Å². The molecular weight excluding hydrogens is 452 g/mol. The lowest BCUT2D eigenvalue weighted by molar-refractivity contribution is 0.298. The van der Waals surface area contributed by atoms with Crippen LogP contribution in [0.4, 0.5) is 0 Å². The maximum atomic E-state index is 6.04. The zero-order chi connectivity index (χ0) is 22.8. The number of ether oxygens (including phenoxy) is 4. The van der Waals surface area contributed by atoms with Crippen molar-refractivity contribution in [3.05, 3.63) is 82.9 Å². The van der Waals surface area contributed by atoms with Gasteiger partial charge in [0, 0.05) is 12.1 Å². The number of methoxy groups -OCH3 is 3. The van der Waals surface area contributed by atoms with Crippen LogP contribution >= 0.6 is 12.4 Å². The summed E-state index contributed by atoms with van der Waals surface area (Å²) in [7, 11) is 4.81. The van der Waals surface area contributed by atoms with Crippen LogP contribution in [0.25, 0.3) is 11.8 Å². The molecule has 0 aliphatic carbocycles. The Labute approximate surface area is 205 Å². The van der Waals surface area contributed by atoms with Gasteiger partial charge in [0.2, 0.25) is 5.75 Å². The van der Waals surface area contributed by atoms with Crippen molar-refractivity contribution in [3.8, 4) is 23.0 Å². The molecule has 0 N–H and O–H groups in total. The smallest absolute Gasteiger partial charge is 0.203 e. The molecule has 6 nitrogen and oxygen atoms in total. The summed E-state index contributed by atoms with van der Waals surface area (Å²) in [4.78, 5) is 7.04. The van der Waals surface area contributed by atoms with E-state index in [4.69, 9.17) is 23.9 Å². The molecule has 34 heavy (non-hydrogen) atoms. The highest BCUT2D eigenvalue weighted by atomic mass is 35.5. The number of amidine groups is 1. The molecule has 7 heteroatoms. The van der Waals surface area contributed by atoms with E-state index in [9.17, 15) is 0 Å². The SMILES string of the molecule is COc1cc(COc2ccc(C3=Cc4ccccc4C4=NCCN34)cc2)cc(OC)c1OC.Cl. The molecule has 0 amide bonds. The number of rotatable bonds is 7. The molecule has 0 unspecified atom stereocenters. The minimum atomic E-state index is 0. The summed E-state index contributed by atoms with van der Waals surface area (Å²) in [6.45, 7) is 2.10. The third kappa shape index (κ3) is 4.29. The molecule has 2 heterocycles. The summed E-state index contributed by atoms with van der Waals surface area (Å²) in [6, 6.07) is 20.4. The number of fused-ring (bicyclic) bond motifs is 3. The predicted octanol–water partition coefficient (Wildman–Crippen LogP) is 5.29. The van der Waals surface area contributed by atoms with Crippen LogP contribution in [0.5, 0.6) is 23.0 Å². The van der Waals surface area contributed by atoms with E-state index in [0.717, 1.165) is 35.8 Å². The first kappa shape index (κ1) is 23.5. The van der Waals surface area contributed by atoms with Crippen molar-refractivity contribution in [1.29, 1.82) is 0 Å². The Bertz CT molecular complexity index is 1210. The average molecular weight is 479 g/mol. The summed E-state index contributed by atoms with van der Waals surface area (Å²) in [5.74, 6) is 3.64. The predicted molar refractivity (Wildman–Crippen MR) is 137 cm³/mol. The first-order chi connectivity index (χ1) is 16.2. The fourth-order valence-corrected chi connectivity index (χ4v) is 4.31. The van der Waals surface area contributed by atoms with E-state index < -0.39 is 0 Å². The molecular formula is C27H27ClN2O4. The van der Waals surface area contributed by atoms with E-state index in [-0.39, 0.29) is 12.4 Å². The second-order valence-corrected chi connectivity index (χ2v) is 7.82. The average Bonchev–Trinajstić information content (AvgIpc) is 3.37. The third-order valence-corrected chi connectivity index (χ3v) is 5.91. The standard InChI is InChI=1S/C27H26N2O4.ClH/c1-30-24-14-18(15-25(31-2)26(24)32-3)17-33-21-10-8-19(9-11-21)23-16-20-6-4-5-7-22(20)27-28-12-13-29(23)27;/h4-11,14-16H,12-13,17H2,1-3H3;1H. The monoisotopic (exact) mass is 478 g/mol. The molecule has 0 aromatic heterocycles. The van der Waals surface area contributed by atoms with Crippen molar-refractivity contribution in [1.82, 2.24) is 4.90 Å². The first-order valence-corrected chi connectivity index (χ1v) is 10.9. The van der Waals surface area contributed by atoms with Crippen molar-refractivity contribution in [2.45, 2.75) is 6.61 Å². The zero-order valence-corrected chi connectivity index (χ0v) is 20.2. The van der Waals surface area contributed by atoms with Gasteiger partial charge >= 0.3 is 0 Å². The Hall–Kier alpha value is -3.64. The van der Waals surface area contributed by atoms with Crippen LogP contribution in [-0.2, 0) is 6.61 Å². The van der Waals surface area contributed by atoms with Gasteiger partial charge in [-0.05, 0) is 59.2 Å². The van der Waals surface area contributed by atoms with E-state index in [2.05, 4.69) is 47.4 Å². The summed E-state index contributed by atoms with van der Waals surface area (Å²) < 4.78 is 22.3. The lowest BCUT2D eigenvalue weighted by Crippen LogP contribution is -2.30. The van der Waals surface area contributed by atoms with E-state index in [0.29, 0.717) is 23.9 Å². The molecule has 0 saturated carbocycles. The van der Waals surface area contributed by atoms with Crippen LogP contribution in [0.3, 0.4) is 0 Å². The molecule has 0 radical (unpaired) electrons. The molecule has 0 bridgehead atoms. The van der Waals surface area contributed by atoms with Crippen molar-refractivity contribution in [3.63, 3.8) is 0 Å². The second-order valence-electron chi connectivity index (χ2n) is 7.82. The van der Waals surface area contributed by atoms with Gasteiger partial charge in [0.05, 0.1) is 33.6 Å². The molecule has 2 aliphatic rings. The Morgan fingerprint density at radius 2 is 1.59 bits per heavy atom. The lowest BCUT2D eigenvalue weighted by atomic mass is 9.97. The Morgan fingerprint density at radius 1 is 0.882 bits per heavy atom. The number of aliphatic imine (C=N–C) groups is 1. The maximum absolute atomic E-state index is 6.04. The van der Waals surface area contributed by atoms with Gasteiger partial charge in [-0.15, -0.1) is 12.4 Å². The highest BCUT2D eigenvalue weighted by Gasteiger charge is 2.28. The van der Waals surface area contributed by atoms with E-state index in [1.807, 2.05) is 24.3 Å². The number of hydrogen-bond acceptors (Lipinski definition) is 6. The highest BCUT2D eigenvalue weighted by Crippen LogP contribution is 2.38. The molecule has 3 aromatic rings. The third-order valence-electron chi connectivity index (χ3n) is 5.91. The topological polar surface area (TPSA) is 52.5 Å². The van der Waals surface area contributed by atoms with Gasteiger partial charge in [-0.1, -0.05) is 24.3 Å². The summed E-state index contributed by atoms with van der Waals surface area (Å²) in [5.41, 5.74) is 5.63. The van der Waals surface area contributed by atoms with Crippen molar-refractivity contribution >= 4 is 30.0 Å². The Kier molecular flexibility index (Phi) is 6.98. The Morgan fingerprint density at radius 3 is 2.26 bits per heavy atom. The van der Waals surface area contributed by atoms with Crippen molar-refractivity contribution in [2.75, 3.05) is 34.4 Å². The van der Waals surface area contributed by atoms with E-state index >= 15 is 0 Å². The van der Waals surface area contributed by atoms with Crippen molar-refractivity contribution < 1.29 is 18.9 Å². The van der Waals surface area contributed by atoms with Gasteiger partial charge in [-0.3, -0.25) is 4.99 Å². The fourth-order valence-electron chi connectivity index (χ4n) is 4.31. The van der Waals surface area contributed by atoms with Gasteiger partial charge in [-0.2, -0.15) is 0 Å². The van der Waals surface area contributed by atoms with Crippen LogP contribution in [0.2, 0.25) is 0 Å². The minimum Gasteiger partial charge on any atom is -0.493 e. The molecule has 2 aliphatic heterocycles. The van der Waals surface area contributed by atoms with Crippen molar-refractivity contribution in [2.24, 2.45) is 4.99 Å². The second kappa shape index (κ2) is 10.1. The summed E-state index contributed by atoms with van der Waals surface area (Å²) >= 11 is 0. The van der Waals surface area contributed by atoms with E-state index in [1.165, 1.54) is 16.8 Å².